The van der Waals surface area contributed by atoms with Gasteiger partial charge in [0, 0.05) is 30.3 Å². The molecule has 120 valence electrons. The maximum Gasteiger partial charge on any atom is 0.274 e. The van der Waals surface area contributed by atoms with Crippen molar-refractivity contribution in [1.29, 1.82) is 0 Å². The Kier molecular flexibility index (Phi) is 3.66. The fourth-order valence-electron chi connectivity index (χ4n) is 2.66. The molecule has 1 aromatic carbocycles. The van der Waals surface area contributed by atoms with Crippen LogP contribution in [0.25, 0.3) is 11.1 Å². The second-order valence-electron chi connectivity index (χ2n) is 5.56. The van der Waals surface area contributed by atoms with Crippen molar-refractivity contribution < 1.29 is 9.21 Å². The molecule has 1 amide bonds. The number of fused-ring (bicyclic) bond motifs is 1. The number of aryl methyl sites for hydroxylation is 1. The van der Waals surface area contributed by atoms with E-state index in [-0.39, 0.29) is 5.91 Å². The summed E-state index contributed by atoms with van der Waals surface area (Å²) >= 11 is 1.39. The Morgan fingerprint density at radius 3 is 2.88 bits per heavy atom. The zero-order valence-electron chi connectivity index (χ0n) is 13.0. The number of furan rings is 1. The summed E-state index contributed by atoms with van der Waals surface area (Å²) < 4.78 is 7.43. The SMILES string of the molecule is Cc1ccc(Cn2c(C(=O)Nc3nccs3)cc3occc32)cc1. The van der Waals surface area contributed by atoms with Crippen LogP contribution >= 0.6 is 11.3 Å². The third-order valence-electron chi connectivity index (χ3n) is 3.87. The van der Waals surface area contributed by atoms with E-state index in [4.69, 9.17) is 4.42 Å². The summed E-state index contributed by atoms with van der Waals surface area (Å²) in [5, 5.41) is 5.24. The molecule has 0 spiro atoms. The normalized spacial score (nSPS) is 11.0. The fraction of sp³-hybridized carbons (Fsp3) is 0.111. The third-order valence-corrected chi connectivity index (χ3v) is 4.56. The fourth-order valence-corrected chi connectivity index (χ4v) is 3.18. The van der Waals surface area contributed by atoms with Gasteiger partial charge in [-0.2, -0.15) is 0 Å². The van der Waals surface area contributed by atoms with Gasteiger partial charge in [0.2, 0.25) is 0 Å². The molecule has 0 bridgehead atoms. The summed E-state index contributed by atoms with van der Waals surface area (Å²) in [6.07, 6.45) is 3.30. The molecular formula is C18H15N3O2S. The van der Waals surface area contributed by atoms with Gasteiger partial charge in [0.1, 0.15) is 5.69 Å². The van der Waals surface area contributed by atoms with Crippen LogP contribution in [0.2, 0.25) is 0 Å². The first-order chi connectivity index (χ1) is 11.7. The van der Waals surface area contributed by atoms with Gasteiger partial charge in [0.05, 0.1) is 11.8 Å². The van der Waals surface area contributed by atoms with Gasteiger partial charge >= 0.3 is 0 Å². The molecule has 1 N–H and O–H groups in total. The summed E-state index contributed by atoms with van der Waals surface area (Å²) in [7, 11) is 0. The van der Waals surface area contributed by atoms with E-state index >= 15 is 0 Å². The smallest absolute Gasteiger partial charge is 0.274 e. The molecule has 4 rings (SSSR count). The molecule has 0 saturated carbocycles. The number of thiazole rings is 1. The average Bonchev–Trinajstić information content (AvgIpc) is 3.28. The van der Waals surface area contributed by atoms with Crippen molar-refractivity contribution in [3.05, 3.63) is 71.1 Å². The topological polar surface area (TPSA) is 60.1 Å². The van der Waals surface area contributed by atoms with Crippen LogP contribution < -0.4 is 5.32 Å². The van der Waals surface area contributed by atoms with Gasteiger partial charge in [-0.1, -0.05) is 29.8 Å². The number of hydrogen-bond acceptors (Lipinski definition) is 4. The number of carbonyl (C=O) groups excluding carboxylic acids is 1. The Bertz CT molecular complexity index is 981. The standard InChI is InChI=1S/C18H15N3O2S/c1-12-2-4-13(5-3-12)11-21-14-6-8-23-16(14)10-15(21)17(22)20-18-19-7-9-24-18/h2-10H,11H2,1H3,(H,19,20,22). The lowest BCUT2D eigenvalue weighted by Gasteiger charge is -2.10. The molecule has 0 atom stereocenters. The minimum Gasteiger partial charge on any atom is -0.463 e. The van der Waals surface area contributed by atoms with E-state index in [1.54, 1.807) is 18.5 Å². The van der Waals surface area contributed by atoms with Crippen molar-refractivity contribution in [1.82, 2.24) is 9.55 Å². The minimum absolute atomic E-state index is 0.191. The Morgan fingerprint density at radius 2 is 2.12 bits per heavy atom. The average molecular weight is 337 g/mol. The third kappa shape index (κ3) is 2.72. The van der Waals surface area contributed by atoms with Gasteiger partial charge in [-0.3, -0.25) is 10.1 Å². The van der Waals surface area contributed by atoms with E-state index in [2.05, 4.69) is 41.5 Å². The zero-order valence-corrected chi connectivity index (χ0v) is 13.8. The van der Waals surface area contributed by atoms with Crippen molar-refractivity contribution in [2.45, 2.75) is 13.5 Å². The lowest BCUT2D eigenvalue weighted by molar-refractivity contribution is 0.101. The van der Waals surface area contributed by atoms with Crippen LogP contribution in [0, 0.1) is 6.92 Å². The van der Waals surface area contributed by atoms with Crippen molar-refractivity contribution >= 4 is 33.5 Å². The van der Waals surface area contributed by atoms with Gasteiger partial charge in [0.25, 0.3) is 5.91 Å². The Hall–Kier alpha value is -2.86. The molecule has 0 radical (unpaired) electrons. The molecule has 5 nitrogen and oxygen atoms in total. The first kappa shape index (κ1) is 14.7. The molecule has 24 heavy (non-hydrogen) atoms. The molecule has 3 heterocycles. The number of benzene rings is 1. The molecule has 0 fully saturated rings. The van der Waals surface area contributed by atoms with Gasteiger partial charge in [-0.25, -0.2) is 4.98 Å². The van der Waals surface area contributed by atoms with E-state index < -0.39 is 0 Å². The van der Waals surface area contributed by atoms with E-state index in [1.807, 2.05) is 16.0 Å². The van der Waals surface area contributed by atoms with Crippen LogP contribution in [0.15, 0.2) is 58.7 Å². The molecule has 3 aromatic heterocycles. The van der Waals surface area contributed by atoms with Crippen LogP contribution in [-0.4, -0.2) is 15.5 Å². The zero-order chi connectivity index (χ0) is 16.5. The minimum atomic E-state index is -0.191. The van der Waals surface area contributed by atoms with Crippen LogP contribution in [0.4, 0.5) is 5.13 Å². The number of nitrogens with zero attached hydrogens (tertiary/aromatic N) is 2. The Morgan fingerprint density at radius 1 is 1.29 bits per heavy atom. The summed E-state index contributed by atoms with van der Waals surface area (Å²) in [4.78, 5) is 16.7. The van der Waals surface area contributed by atoms with Crippen LogP contribution in [-0.2, 0) is 6.54 Å². The number of amides is 1. The largest absolute Gasteiger partial charge is 0.463 e. The lowest BCUT2D eigenvalue weighted by atomic mass is 10.1. The van der Waals surface area contributed by atoms with Crippen LogP contribution in [0.1, 0.15) is 21.6 Å². The summed E-state index contributed by atoms with van der Waals surface area (Å²) in [5.74, 6) is -0.191. The molecule has 6 heteroatoms. The van der Waals surface area contributed by atoms with Crippen molar-refractivity contribution in [3.63, 3.8) is 0 Å². The number of anilines is 1. The van der Waals surface area contributed by atoms with Crippen molar-refractivity contribution in [2.24, 2.45) is 0 Å². The highest BCUT2D eigenvalue weighted by Gasteiger charge is 2.18. The maximum absolute atomic E-state index is 12.6. The van der Waals surface area contributed by atoms with Gasteiger partial charge in [-0.05, 0) is 12.5 Å². The predicted molar refractivity (Wildman–Crippen MR) is 94.6 cm³/mol. The van der Waals surface area contributed by atoms with Gasteiger partial charge < -0.3 is 8.98 Å². The lowest BCUT2D eigenvalue weighted by Crippen LogP contribution is -2.17. The molecular weight excluding hydrogens is 322 g/mol. The molecule has 0 aliphatic heterocycles. The van der Waals surface area contributed by atoms with Gasteiger partial charge in [0.15, 0.2) is 10.7 Å². The molecule has 0 unspecified atom stereocenters. The number of hydrogen-bond donors (Lipinski definition) is 1. The second kappa shape index (κ2) is 5.98. The highest BCUT2D eigenvalue weighted by molar-refractivity contribution is 7.13. The highest BCUT2D eigenvalue weighted by atomic mass is 32.1. The Balaban J connectivity index is 1.71. The van der Waals surface area contributed by atoms with E-state index in [9.17, 15) is 4.79 Å². The molecule has 0 aliphatic rings. The molecule has 4 aromatic rings. The number of aromatic nitrogens is 2. The van der Waals surface area contributed by atoms with Crippen molar-refractivity contribution in [2.75, 3.05) is 5.32 Å². The number of carbonyl (C=O) groups is 1. The predicted octanol–water partition coefficient (Wildman–Crippen LogP) is 4.30. The molecule has 0 saturated heterocycles. The first-order valence-corrected chi connectivity index (χ1v) is 8.42. The van der Waals surface area contributed by atoms with Crippen molar-refractivity contribution in [3.8, 4) is 0 Å². The van der Waals surface area contributed by atoms with Crippen LogP contribution in [0.3, 0.4) is 0 Å². The first-order valence-electron chi connectivity index (χ1n) is 7.54. The number of nitrogens with one attached hydrogen (secondary N) is 1. The van der Waals surface area contributed by atoms with E-state index in [0.717, 1.165) is 11.1 Å². The second-order valence-corrected chi connectivity index (χ2v) is 6.46. The van der Waals surface area contributed by atoms with Gasteiger partial charge in [-0.15, -0.1) is 11.3 Å². The van der Waals surface area contributed by atoms with E-state index in [1.165, 1.54) is 16.9 Å². The summed E-state index contributed by atoms with van der Waals surface area (Å²) in [6.45, 7) is 2.66. The quantitative estimate of drug-likeness (QED) is 0.604. The number of rotatable bonds is 4. The Labute approximate surface area is 142 Å². The highest BCUT2D eigenvalue weighted by Crippen LogP contribution is 2.24. The monoisotopic (exact) mass is 337 g/mol. The maximum atomic E-state index is 12.6. The molecule has 0 aliphatic carbocycles. The summed E-state index contributed by atoms with van der Waals surface area (Å²) in [5.41, 5.74) is 4.50. The summed E-state index contributed by atoms with van der Waals surface area (Å²) in [6, 6.07) is 11.9. The van der Waals surface area contributed by atoms with Crippen LogP contribution in [0.5, 0.6) is 0 Å². The van der Waals surface area contributed by atoms with E-state index in [0.29, 0.717) is 23.0 Å².